The Balaban J connectivity index is 1.73. The Morgan fingerprint density at radius 2 is 1.77 bits per heavy atom. The zero-order valence-electron chi connectivity index (χ0n) is 16.7. The molecular weight excluding hydrogens is 423 g/mol. The monoisotopic (exact) mass is 442 g/mol. The molecule has 3 rings (SSSR count). The van der Waals surface area contributed by atoms with Crippen molar-refractivity contribution in [3.63, 3.8) is 0 Å². The van der Waals surface area contributed by atoms with Crippen molar-refractivity contribution < 1.29 is 28.6 Å². The van der Waals surface area contributed by atoms with Crippen LogP contribution in [0.15, 0.2) is 48.5 Å². The summed E-state index contributed by atoms with van der Waals surface area (Å²) in [5.74, 6) is -2.21. The number of carbonyl (C=O) groups excluding carboxylic acids is 2. The molecule has 2 N–H and O–H groups in total. The number of carbonyl (C=O) groups is 3. The Morgan fingerprint density at radius 1 is 1.13 bits per heavy atom. The van der Waals surface area contributed by atoms with Crippen LogP contribution in [0.5, 0.6) is 5.75 Å². The van der Waals surface area contributed by atoms with Gasteiger partial charge in [0, 0.05) is 18.9 Å². The normalized spacial score (nSPS) is 11.6. The summed E-state index contributed by atoms with van der Waals surface area (Å²) in [5.41, 5.74) is 1.77. The number of amides is 1. The highest BCUT2D eigenvalue weighted by atomic mass is 32.1. The summed E-state index contributed by atoms with van der Waals surface area (Å²) in [6.07, 6.45) is 0.0457. The molecule has 9 heteroatoms. The molecule has 0 saturated carbocycles. The maximum Gasteiger partial charge on any atom is 0.326 e. The van der Waals surface area contributed by atoms with E-state index >= 15 is 0 Å². The van der Waals surface area contributed by atoms with Gasteiger partial charge in [0.15, 0.2) is 0 Å². The van der Waals surface area contributed by atoms with Crippen molar-refractivity contribution in [1.82, 2.24) is 10.3 Å². The molecule has 0 aliphatic carbocycles. The molecule has 1 heterocycles. The summed E-state index contributed by atoms with van der Waals surface area (Å²) < 4.78 is 18.1. The van der Waals surface area contributed by atoms with Crippen LogP contribution in [-0.4, -0.2) is 34.0 Å². The summed E-state index contributed by atoms with van der Waals surface area (Å²) in [6, 6.07) is 10.9. The van der Waals surface area contributed by atoms with Gasteiger partial charge in [0.05, 0.1) is 5.69 Å². The van der Waals surface area contributed by atoms with Crippen LogP contribution in [0, 0.1) is 12.7 Å². The second-order valence-electron chi connectivity index (χ2n) is 6.75. The number of benzene rings is 2. The van der Waals surface area contributed by atoms with Crippen LogP contribution < -0.4 is 10.1 Å². The van der Waals surface area contributed by atoms with Crippen molar-refractivity contribution in [2.24, 2.45) is 0 Å². The van der Waals surface area contributed by atoms with Crippen LogP contribution in [0.3, 0.4) is 0 Å². The molecule has 3 aromatic rings. The van der Waals surface area contributed by atoms with Crippen LogP contribution in [-0.2, 0) is 16.0 Å². The average molecular weight is 442 g/mol. The fourth-order valence-electron chi connectivity index (χ4n) is 2.84. The van der Waals surface area contributed by atoms with Gasteiger partial charge in [0.2, 0.25) is 0 Å². The second-order valence-corrected chi connectivity index (χ2v) is 7.75. The second kappa shape index (κ2) is 9.48. The van der Waals surface area contributed by atoms with E-state index in [-0.39, 0.29) is 17.1 Å². The van der Waals surface area contributed by atoms with E-state index in [1.807, 2.05) is 0 Å². The van der Waals surface area contributed by atoms with Gasteiger partial charge in [0.25, 0.3) is 5.91 Å². The minimum Gasteiger partial charge on any atom is -0.480 e. The smallest absolute Gasteiger partial charge is 0.326 e. The number of nitrogens with one attached hydrogen (secondary N) is 1. The van der Waals surface area contributed by atoms with Gasteiger partial charge >= 0.3 is 11.9 Å². The fourth-order valence-corrected chi connectivity index (χ4v) is 3.82. The van der Waals surface area contributed by atoms with E-state index < -0.39 is 23.9 Å². The topological polar surface area (TPSA) is 106 Å². The molecule has 7 nitrogen and oxygen atoms in total. The Kier molecular flexibility index (Phi) is 6.76. The highest BCUT2D eigenvalue weighted by Crippen LogP contribution is 2.28. The van der Waals surface area contributed by atoms with Crippen LogP contribution in [0.25, 0.3) is 10.6 Å². The van der Waals surface area contributed by atoms with E-state index in [4.69, 9.17) is 4.74 Å². The molecule has 0 aliphatic heterocycles. The lowest BCUT2D eigenvalue weighted by Crippen LogP contribution is -2.42. The number of aliphatic carboxylic acids is 1. The van der Waals surface area contributed by atoms with Crippen LogP contribution in [0.4, 0.5) is 4.39 Å². The van der Waals surface area contributed by atoms with Crippen molar-refractivity contribution in [3.05, 3.63) is 70.5 Å². The highest BCUT2D eigenvalue weighted by Gasteiger charge is 2.24. The molecule has 0 fully saturated rings. The number of halogens is 1. The van der Waals surface area contributed by atoms with E-state index in [9.17, 15) is 23.9 Å². The highest BCUT2D eigenvalue weighted by molar-refractivity contribution is 7.17. The van der Waals surface area contributed by atoms with E-state index in [1.54, 1.807) is 43.3 Å². The number of thiazole rings is 1. The zero-order valence-corrected chi connectivity index (χ0v) is 17.5. The molecule has 0 aliphatic rings. The van der Waals surface area contributed by atoms with Crippen molar-refractivity contribution in [3.8, 4) is 16.3 Å². The van der Waals surface area contributed by atoms with E-state index in [1.165, 1.54) is 19.1 Å². The molecule has 0 bridgehead atoms. The van der Waals surface area contributed by atoms with Crippen molar-refractivity contribution in [2.45, 2.75) is 26.3 Å². The van der Waals surface area contributed by atoms with Gasteiger partial charge in [-0.25, -0.2) is 14.2 Å². The molecule has 1 aromatic heterocycles. The quantitative estimate of drug-likeness (QED) is 0.428. The van der Waals surface area contributed by atoms with Gasteiger partial charge in [0.1, 0.15) is 27.5 Å². The predicted octanol–water partition coefficient (Wildman–Crippen LogP) is 3.61. The molecule has 1 unspecified atom stereocenters. The number of nitrogens with zero attached hydrogens (tertiary/aromatic N) is 1. The molecule has 2 aromatic carbocycles. The van der Waals surface area contributed by atoms with Gasteiger partial charge in [-0.2, -0.15) is 0 Å². The molecule has 0 spiro atoms. The Hall–Kier alpha value is -3.59. The summed E-state index contributed by atoms with van der Waals surface area (Å²) in [6.45, 7) is 2.94. The van der Waals surface area contributed by atoms with Crippen LogP contribution in [0.2, 0.25) is 0 Å². The first-order valence-corrected chi connectivity index (χ1v) is 10.1. The first kappa shape index (κ1) is 22.1. The largest absolute Gasteiger partial charge is 0.480 e. The van der Waals surface area contributed by atoms with Gasteiger partial charge in [-0.05, 0) is 48.9 Å². The lowest BCUT2D eigenvalue weighted by Gasteiger charge is -2.14. The predicted molar refractivity (Wildman–Crippen MR) is 113 cm³/mol. The summed E-state index contributed by atoms with van der Waals surface area (Å²) in [5, 5.41) is 12.6. The third-order valence-electron chi connectivity index (χ3n) is 4.32. The maximum atomic E-state index is 13.1. The lowest BCUT2D eigenvalue weighted by atomic mass is 10.1. The summed E-state index contributed by atoms with van der Waals surface area (Å²) in [4.78, 5) is 40.0. The number of carboxylic acid groups (broad SMARTS) is 1. The summed E-state index contributed by atoms with van der Waals surface area (Å²) >= 11 is 1.11. The Bertz CT molecular complexity index is 1110. The number of aromatic nitrogens is 1. The van der Waals surface area contributed by atoms with Crippen LogP contribution >= 0.6 is 11.3 Å². The standard InChI is InChI=1S/C22H19FN2O5S/c1-12-19(31-21(24-12)15-5-7-16(23)8-6-15)20(27)25-18(22(28)29)11-14-3-9-17(10-4-14)30-13(2)26/h3-10,18H,11H2,1-2H3,(H,25,27)(H,28,29). The zero-order chi connectivity index (χ0) is 22.5. The van der Waals surface area contributed by atoms with Crippen molar-refractivity contribution >= 4 is 29.2 Å². The molecule has 160 valence electrons. The number of aryl methyl sites for hydroxylation is 1. The minimum atomic E-state index is -1.18. The average Bonchev–Trinajstić information content (AvgIpc) is 3.10. The van der Waals surface area contributed by atoms with Crippen molar-refractivity contribution in [2.75, 3.05) is 0 Å². The first-order valence-electron chi connectivity index (χ1n) is 9.27. The third-order valence-corrected chi connectivity index (χ3v) is 5.53. The van der Waals surface area contributed by atoms with Gasteiger partial charge in [-0.1, -0.05) is 12.1 Å². The number of hydrogen-bond acceptors (Lipinski definition) is 6. The van der Waals surface area contributed by atoms with E-state index in [0.717, 1.165) is 11.3 Å². The molecule has 1 atom stereocenters. The molecule has 0 saturated heterocycles. The van der Waals surface area contributed by atoms with Gasteiger partial charge < -0.3 is 15.2 Å². The SMILES string of the molecule is CC(=O)Oc1ccc(CC(NC(=O)c2sc(-c3ccc(F)cc3)nc2C)C(=O)O)cc1. The first-order chi connectivity index (χ1) is 14.7. The number of rotatable bonds is 7. The molecule has 31 heavy (non-hydrogen) atoms. The molecule has 1 amide bonds. The van der Waals surface area contributed by atoms with E-state index in [0.29, 0.717) is 27.6 Å². The molecule has 0 radical (unpaired) electrons. The Labute approximate surface area is 181 Å². The third kappa shape index (κ3) is 5.73. The van der Waals surface area contributed by atoms with Gasteiger partial charge in [-0.15, -0.1) is 11.3 Å². The number of ether oxygens (including phenoxy) is 1. The number of carboxylic acids is 1. The molecular formula is C22H19FN2O5S. The van der Waals surface area contributed by atoms with Gasteiger partial charge in [-0.3, -0.25) is 9.59 Å². The maximum absolute atomic E-state index is 13.1. The number of hydrogen-bond donors (Lipinski definition) is 2. The van der Waals surface area contributed by atoms with Crippen LogP contribution in [0.1, 0.15) is 27.9 Å². The minimum absolute atomic E-state index is 0.0457. The van der Waals surface area contributed by atoms with E-state index in [2.05, 4.69) is 10.3 Å². The number of esters is 1. The fraction of sp³-hybridized carbons (Fsp3) is 0.182. The lowest BCUT2D eigenvalue weighted by molar-refractivity contribution is -0.139. The van der Waals surface area contributed by atoms with Crippen molar-refractivity contribution in [1.29, 1.82) is 0 Å². The summed E-state index contributed by atoms with van der Waals surface area (Å²) in [7, 11) is 0. The Morgan fingerprint density at radius 3 is 2.35 bits per heavy atom.